The van der Waals surface area contributed by atoms with E-state index in [9.17, 15) is 0 Å². The highest BCUT2D eigenvalue weighted by Crippen LogP contribution is 2.14. The number of hydrogen-bond acceptors (Lipinski definition) is 1. The molecule has 0 aliphatic carbocycles. The molecular weight excluding hydrogens is 154 g/mol. The van der Waals surface area contributed by atoms with Crippen LogP contribution in [0.2, 0.25) is 0 Å². The molecule has 53 valence electrons. The van der Waals surface area contributed by atoms with Crippen LogP contribution in [-0.4, -0.2) is 4.98 Å². The Labute approximate surface area is 70.5 Å². The van der Waals surface area contributed by atoms with Gasteiger partial charge >= 0.3 is 0 Å². The van der Waals surface area contributed by atoms with Crippen molar-refractivity contribution in [1.82, 2.24) is 4.98 Å². The molecule has 0 aliphatic heterocycles. The molecule has 2 rings (SSSR count). The van der Waals surface area contributed by atoms with E-state index in [1.807, 2.05) is 30.3 Å². The monoisotopic (exact) mass is 160 g/mol. The van der Waals surface area contributed by atoms with Gasteiger partial charge in [0.2, 0.25) is 0 Å². The molecule has 0 aliphatic rings. The van der Waals surface area contributed by atoms with Crippen LogP contribution in [0.1, 0.15) is 0 Å². The van der Waals surface area contributed by atoms with Crippen LogP contribution < -0.4 is 0 Å². The third-order valence-corrected chi connectivity index (χ3v) is 1.79. The second-order valence-electron chi connectivity index (χ2n) is 2.36. The van der Waals surface area contributed by atoms with Crippen molar-refractivity contribution in [2.75, 3.05) is 0 Å². The molecule has 2 aromatic rings. The summed E-state index contributed by atoms with van der Waals surface area (Å²) in [5.74, 6) is 0. The van der Waals surface area contributed by atoms with Gasteiger partial charge in [0.05, 0.1) is 10.4 Å². The molecule has 1 heterocycles. The summed E-state index contributed by atoms with van der Waals surface area (Å²) in [5, 5.41) is 1.11. The highest BCUT2D eigenvalue weighted by Gasteiger charge is 1.92. The molecule has 0 saturated heterocycles. The maximum Gasteiger partial charge on any atom is 0.0703 e. The van der Waals surface area contributed by atoms with Gasteiger partial charge in [-0.15, -0.1) is 0 Å². The summed E-state index contributed by atoms with van der Waals surface area (Å²) in [6, 6.07) is 9.90. The molecule has 0 unspecified atom stereocenters. The van der Waals surface area contributed by atoms with Crippen LogP contribution in [0.3, 0.4) is 0 Å². The molecule has 0 saturated carbocycles. The molecule has 1 nitrogen and oxygen atoms in total. The van der Waals surface area contributed by atoms with E-state index >= 15 is 0 Å². The van der Waals surface area contributed by atoms with E-state index in [0.29, 0.717) is 0 Å². The zero-order chi connectivity index (χ0) is 7.68. The second-order valence-corrected chi connectivity index (χ2v) is 2.84. The molecule has 0 amide bonds. The van der Waals surface area contributed by atoms with Crippen molar-refractivity contribution >= 4 is 23.5 Å². The Kier molecular flexibility index (Phi) is 1.47. The summed E-state index contributed by atoms with van der Waals surface area (Å²) in [6.07, 6.45) is 1.71. The molecular formula is C9H6NS. The lowest BCUT2D eigenvalue weighted by atomic mass is 10.2. The lowest BCUT2D eigenvalue weighted by molar-refractivity contribution is 1.31. The van der Waals surface area contributed by atoms with Gasteiger partial charge in [0, 0.05) is 11.6 Å². The van der Waals surface area contributed by atoms with Crippen molar-refractivity contribution in [3.8, 4) is 0 Å². The third kappa shape index (κ3) is 1.17. The minimum Gasteiger partial charge on any atom is -0.255 e. The van der Waals surface area contributed by atoms with Gasteiger partial charge in [0.25, 0.3) is 0 Å². The third-order valence-electron chi connectivity index (χ3n) is 1.57. The number of rotatable bonds is 0. The Morgan fingerprint density at radius 2 is 2.00 bits per heavy atom. The van der Waals surface area contributed by atoms with Crippen LogP contribution >= 0.6 is 12.6 Å². The summed E-state index contributed by atoms with van der Waals surface area (Å²) in [5.41, 5.74) is 1.00. The molecule has 0 atom stereocenters. The zero-order valence-electron chi connectivity index (χ0n) is 5.82. The SMILES string of the molecule is [S]c1cnc2ccccc2c1. The number of fused-ring (bicyclic) bond motifs is 1. The molecule has 1 aromatic carbocycles. The molecule has 0 bridgehead atoms. The molecule has 2 heteroatoms. The van der Waals surface area contributed by atoms with Gasteiger partial charge in [0.1, 0.15) is 0 Å². The Balaban J connectivity index is 2.83. The zero-order valence-corrected chi connectivity index (χ0v) is 6.64. The molecule has 1 aromatic heterocycles. The van der Waals surface area contributed by atoms with Crippen molar-refractivity contribution in [3.05, 3.63) is 36.5 Å². The highest BCUT2D eigenvalue weighted by molar-refractivity contribution is 7.80. The number of benzene rings is 1. The largest absolute Gasteiger partial charge is 0.255 e. The van der Waals surface area contributed by atoms with Crippen molar-refractivity contribution in [2.45, 2.75) is 4.90 Å². The first-order chi connectivity index (χ1) is 5.36. The first-order valence-corrected chi connectivity index (χ1v) is 3.79. The number of nitrogens with zero attached hydrogens (tertiary/aromatic N) is 1. The summed E-state index contributed by atoms with van der Waals surface area (Å²) in [6.45, 7) is 0. The predicted octanol–water partition coefficient (Wildman–Crippen LogP) is 2.79. The lowest BCUT2D eigenvalue weighted by Gasteiger charge is -1.94. The number of para-hydroxylation sites is 1. The topological polar surface area (TPSA) is 12.9 Å². The van der Waals surface area contributed by atoms with Gasteiger partial charge < -0.3 is 0 Å². The molecule has 0 fully saturated rings. The minimum absolute atomic E-state index is 0.795. The van der Waals surface area contributed by atoms with E-state index in [-0.39, 0.29) is 0 Å². The molecule has 11 heavy (non-hydrogen) atoms. The number of aromatic nitrogens is 1. The fourth-order valence-electron chi connectivity index (χ4n) is 1.05. The molecule has 0 N–H and O–H groups in total. The summed E-state index contributed by atoms with van der Waals surface area (Å²) in [7, 11) is 0. The van der Waals surface area contributed by atoms with Gasteiger partial charge in [-0.1, -0.05) is 30.8 Å². The standard InChI is InChI=1S/C9H6NS/c11-8-5-7-3-1-2-4-9(7)10-6-8/h1-6H. The first kappa shape index (κ1) is 6.55. The van der Waals surface area contributed by atoms with Crippen LogP contribution in [0.4, 0.5) is 0 Å². The maximum atomic E-state index is 4.98. The van der Waals surface area contributed by atoms with Crippen LogP contribution in [0, 0.1) is 0 Å². The fraction of sp³-hybridized carbons (Fsp3) is 0. The van der Waals surface area contributed by atoms with Crippen LogP contribution in [0.25, 0.3) is 10.9 Å². The normalized spacial score (nSPS) is 10.2. The fourth-order valence-corrected chi connectivity index (χ4v) is 1.23. The highest BCUT2D eigenvalue weighted by atomic mass is 32.1. The summed E-state index contributed by atoms with van der Waals surface area (Å²) < 4.78 is 0. The molecule has 1 radical (unpaired) electrons. The number of pyridine rings is 1. The second kappa shape index (κ2) is 2.47. The van der Waals surface area contributed by atoms with Crippen LogP contribution in [0.15, 0.2) is 41.4 Å². The van der Waals surface area contributed by atoms with Gasteiger partial charge in [-0.05, 0) is 12.1 Å². The van der Waals surface area contributed by atoms with Gasteiger partial charge in [-0.3, -0.25) is 4.98 Å². The van der Waals surface area contributed by atoms with Gasteiger partial charge in [-0.2, -0.15) is 0 Å². The number of hydrogen-bond donors (Lipinski definition) is 0. The minimum atomic E-state index is 0.795. The van der Waals surface area contributed by atoms with Crippen molar-refractivity contribution in [2.24, 2.45) is 0 Å². The predicted molar refractivity (Wildman–Crippen MR) is 47.6 cm³/mol. The maximum absolute atomic E-state index is 4.98. The van der Waals surface area contributed by atoms with Crippen molar-refractivity contribution < 1.29 is 0 Å². The van der Waals surface area contributed by atoms with E-state index in [1.165, 1.54) is 0 Å². The Hall–Kier alpha value is -1.15. The Morgan fingerprint density at radius 1 is 1.18 bits per heavy atom. The Morgan fingerprint density at radius 3 is 2.91 bits per heavy atom. The quantitative estimate of drug-likeness (QED) is 0.577. The summed E-state index contributed by atoms with van der Waals surface area (Å²) >= 11 is 4.98. The average molecular weight is 160 g/mol. The van der Waals surface area contributed by atoms with E-state index in [0.717, 1.165) is 15.8 Å². The van der Waals surface area contributed by atoms with E-state index in [1.54, 1.807) is 6.20 Å². The Bertz CT molecular complexity index is 384. The van der Waals surface area contributed by atoms with Crippen molar-refractivity contribution in [1.29, 1.82) is 0 Å². The van der Waals surface area contributed by atoms with E-state index < -0.39 is 0 Å². The van der Waals surface area contributed by atoms with Crippen LogP contribution in [-0.2, 0) is 0 Å². The first-order valence-electron chi connectivity index (χ1n) is 3.38. The van der Waals surface area contributed by atoms with Gasteiger partial charge in [0.15, 0.2) is 0 Å². The molecule has 0 spiro atoms. The van der Waals surface area contributed by atoms with E-state index in [4.69, 9.17) is 12.6 Å². The smallest absolute Gasteiger partial charge is 0.0703 e. The van der Waals surface area contributed by atoms with Gasteiger partial charge in [-0.25, -0.2) is 0 Å². The van der Waals surface area contributed by atoms with E-state index in [2.05, 4.69) is 4.98 Å². The lowest BCUT2D eigenvalue weighted by Crippen LogP contribution is -1.76. The average Bonchev–Trinajstić information content (AvgIpc) is 2.04. The summed E-state index contributed by atoms with van der Waals surface area (Å²) in [4.78, 5) is 4.97. The van der Waals surface area contributed by atoms with Crippen molar-refractivity contribution in [3.63, 3.8) is 0 Å². The van der Waals surface area contributed by atoms with Crippen LogP contribution in [0.5, 0.6) is 0 Å².